The van der Waals surface area contributed by atoms with Crippen molar-refractivity contribution in [3.63, 3.8) is 0 Å². The molecule has 1 N–H and O–H groups in total. The zero-order valence-corrected chi connectivity index (χ0v) is 9.24. The number of aromatic nitrogens is 2. The smallest absolute Gasteiger partial charge is 0.115 e. The van der Waals surface area contributed by atoms with Gasteiger partial charge in [0.05, 0.1) is 6.33 Å². The van der Waals surface area contributed by atoms with Crippen LogP contribution in [0.1, 0.15) is 5.69 Å². The number of phenolic OH excluding ortho intramolecular Hbond substituents is 1. The summed E-state index contributed by atoms with van der Waals surface area (Å²) in [5, 5.41) is 9.13. The molecular formula is C11H12N2OS. The first-order valence-corrected chi connectivity index (χ1v) is 5.61. The van der Waals surface area contributed by atoms with Gasteiger partial charge >= 0.3 is 0 Å². The Balaban J connectivity index is 1.99. The van der Waals surface area contributed by atoms with Crippen molar-refractivity contribution in [1.82, 2.24) is 9.55 Å². The summed E-state index contributed by atoms with van der Waals surface area (Å²) in [4.78, 5) is 5.20. The van der Waals surface area contributed by atoms with Gasteiger partial charge in [-0.1, -0.05) is 0 Å². The first-order valence-electron chi connectivity index (χ1n) is 4.63. The molecule has 0 radical (unpaired) electrons. The monoisotopic (exact) mass is 220 g/mol. The molecule has 4 heteroatoms. The van der Waals surface area contributed by atoms with Gasteiger partial charge in [0.25, 0.3) is 0 Å². The molecule has 1 heterocycles. The van der Waals surface area contributed by atoms with Gasteiger partial charge in [-0.05, 0) is 24.3 Å². The Bertz CT molecular complexity index is 436. The second-order valence-electron chi connectivity index (χ2n) is 3.28. The summed E-state index contributed by atoms with van der Waals surface area (Å²) in [5.74, 6) is 1.20. The molecule has 0 saturated heterocycles. The zero-order chi connectivity index (χ0) is 10.7. The van der Waals surface area contributed by atoms with E-state index in [2.05, 4.69) is 4.98 Å². The quantitative estimate of drug-likeness (QED) is 0.807. The van der Waals surface area contributed by atoms with Crippen LogP contribution in [0.2, 0.25) is 0 Å². The molecule has 0 aliphatic heterocycles. The van der Waals surface area contributed by atoms with Gasteiger partial charge in [-0.2, -0.15) is 0 Å². The Labute approximate surface area is 92.8 Å². The number of hydrogen-bond acceptors (Lipinski definition) is 3. The number of phenols is 1. The molecule has 0 amide bonds. The molecule has 0 saturated carbocycles. The van der Waals surface area contributed by atoms with E-state index in [1.807, 2.05) is 29.9 Å². The van der Waals surface area contributed by atoms with E-state index in [9.17, 15) is 0 Å². The first-order chi connectivity index (χ1) is 7.25. The molecule has 1 aromatic carbocycles. The number of hydrogen-bond donors (Lipinski definition) is 1. The standard InChI is InChI=1S/C11H12N2OS/c1-13-8-12-6-9(13)7-15-11-4-2-10(14)3-5-11/h2-6,8,14H,7H2,1H3. The van der Waals surface area contributed by atoms with Gasteiger partial charge in [-0.15, -0.1) is 11.8 Å². The Hall–Kier alpha value is -1.42. The summed E-state index contributed by atoms with van der Waals surface area (Å²) in [6, 6.07) is 7.23. The van der Waals surface area contributed by atoms with Crippen LogP contribution in [-0.4, -0.2) is 14.7 Å². The molecule has 15 heavy (non-hydrogen) atoms. The molecular weight excluding hydrogens is 208 g/mol. The van der Waals surface area contributed by atoms with E-state index in [4.69, 9.17) is 5.11 Å². The van der Waals surface area contributed by atoms with Crippen LogP contribution < -0.4 is 0 Å². The van der Waals surface area contributed by atoms with Crippen molar-refractivity contribution in [3.05, 3.63) is 42.5 Å². The topological polar surface area (TPSA) is 38.0 Å². The molecule has 78 valence electrons. The average Bonchev–Trinajstić information content (AvgIpc) is 2.63. The Morgan fingerprint density at radius 3 is 2.67 bits per heavy atom. The fraction of sp³-hybridized carbons (Fsp3) is 0.182. The van der Waals surface area contributed by atoms with Crippen LogP contribution in [0.25, 0.3) is 0 Å². The van der Waals surface area contributed by atoms with Crippen LogP contribution >= 0.6 is 11.8 Å². The zero-order valence-electron chi connectivity index (χ0n) is 8.42. The van der Waals surface area contributed by atoms with Crippen molar-refractivity contribution >= 4 is 11.8 Å². The van der Waals surface area contributed by atoms with E-state index in [0.29, 0.717) is 5.75 Å². The second kappa shape index (κ2) is 4.40. The number of aryl methyl sites for hydroxylation is 1. The first kappa shape index (κ1) is 10.1. The highest BCUT2D eigenvalue weighted by atomic mass is 32.2. The van der Waals surface area contributed by atoms with Gasteiger partial charge in [0.15, 0.2) is 0 Å². The van der Waals surface area contributed by atoms with Crippen molar-refractivity contribution in [3.8, 4) is 5.75 Å². The lowest BCUT2D eigenvalue weighted by atomic mass is 10.3. The highest BCUT2D eigenvalue weighted by molar-refractivity contribution is 7.98. The van der Waals surface area contributed by atoms with E-state index >= 15 is 0 Å². The summed E-state index contributed by atoms with van der Waals surface area (Å²) in [7, 11) is 1.99. The van der Waals surface area contributed by atoms with Crippen molar-refractivity contribution in [2.24, 2.45) is 7.05 Å². The third kappa shape index (κ3) is 2.53. The lowest BCUT2D eigenvalue weighted by Crippen LogP contribution is -1.91. The molecule has 0 spiro atoms. The number of imidazole rings is 1. The van der Waals surface area contributed by atoms with Gasteiger partial charge in [-0.25, -0.2) is 4.98 Å². The average molecular weight is 220 g/mol. The van der Waals surface area contributed by atoms with E-state index in [-0.39, 0.29) is 0 Å². The second-order valence-corrected chi connectivity index (χ2v) is 4.33. The van der Waals surface area contributed by atoms with E-state index in [1.54, 1.807) is 30.2 Å². The third-order valence-electron chi connectivity index (χ3n) is 2.14. The van der Waals surface area contributed by atoms with Gasteiger partial charge in [-0.3, -0.25) is 0 Å². The van der Waals surface area contributed by atoms with Crippen molar-refractivity contribution in [2.45, 2.75) is 10.6 Å². The Kier molecular flexibility index (Phi) is 2.97. The maximum Gasteiger partial charge on any atom is 0.115 e. The SMILES string of the molecule is Cn1cncc1CSc1ccc(O)cc1. The van der Waals surface area contributed by atoms with Gasteiger partial charge in [0, 0.05) is 29.6 Å². The fourth-order valence-corrected chi connectivity index (χ4v) is 2.14. The molecule has 2 rings (SSSR count). The van der Waals surface area contributed by atoms with Crippen molar-refractivity contribution < 1.29 is 5.11 Å². The maximum atomic E-state index is 9.13. The molecule has 2 aromatic rings. The van der Waals surface area contributed by atoms with Gasteiger partial charge < -0.3 is 9.67 Å². The Morgan fingerprint density at radius 2 is 2.07 bits per heavy atom. The predicted molar refractivity (Wildman–Crippen MR) is 60.9 cm³/mol. The third-order valence-corrected chi connectivity index (χ3v) is 3.19. The highest BCUT2D eigenvalue weighted by Crippen LogP contribution is 2.23. The van der Waals surface area contributed by atoms with Gasteiger partial charge in [0.2, 0.25) is 0 Å². The normalized spacial score (nSPS) is 10.5. The minimum Gasteiger partial charge on any atom is -0.508 e. The van der Waals surface area contributed by atoms with Crippen LogP contribution in [0.3, 0.4) is 0 Å². The summed E-state index contributed by atoms with van der Waals surface area (Å²) in [6.45, 7) is 0. The predicted octanol–water partition coefficient (Wildman–Crippen LogP) is 2.42. The number of rotatable bonds is 3. The van der Waals surface area contributed by atoms with E-state index < -0.39 is 0 Å². The lowest BCUT2D eigenvalue weighted by molar-refractivity contribution is 0.475. The minimum absolute atomic E-state index is 0.305. The number of nitrogens with zero attached hydrogens (tertiary/aromatic N) is 2. The fourth-order valence-electron chi connectivity index (χ4n) is 1.22. The maximum absolute atomic E-state index is 9.13. The minimum atomic E-state index is 0.305. The summed E-state index contributed by atoms with van der Waals surface area (Å²) in [5.41, 5.74) is 1.19. The number of aromatic hydroxyl groups is 1. The summed E-state index contributed by atoms with van der Waals surface area (Å²) in [6.07, 6.45) is 3.67. The number of benzene rings is 1. The Morgan fingerprint density at radius 1 is 1.33 bits per heavy atom. The lowest BCUT2D eigenvalue weighted by Gasteiger charge is -2.02. The van der Waals surface area contributed by atoms with Crippen molar-refractivity contribution in [2.75, 3.05) is 0 Å². The number of thioether (sulfide) groups is 1. The molecule has 0 aliphatic rings. The van der Waals surface area contributed by atoms with E-state index in [0.717, 1.165) is 10.6 Å². The molecule has 0 fully saturated rings. The van der Waals surface area contributed by atoms with Crippen LogP contribution in [0, 0.1) is 0 Å². The van der Waals surface area contributed by atoms with Crippen LogP contribution in [0.5, 0.6) is 5.75 Å². The van der Waals surface area contributed by atoms with Gasteiger partial charge in [0.1, 0.15) is 5.75 Å². The van der Waals surface area contributed by atoms with E-state index in [1.165, 1.54) is 5.69 Å². The van der Waals surface area contributed by atoms with Crippen LogP contribution in [0.15, 0.2) is 41.7 Å². The van der Waals surface area contributed by atoms with Crippen LogP contribution in [0.4, 0.5) is 0 Å². The molecule has 0 atom stereocenters. The molecule has 0 unspecified atom stereocenters. The van der Waals surface area contributed by atoms with Crippen LogP contribution in [-0.2, 0) is 12.8 Å². The molecule has 1 aromatic heterocycles. The summed E-state index contributed by atoms with van der Waals surface area (Å²) >= 11 is 1.73. The molecule has 0 bridgehead atoms. The summed E-state index contributed by atoms with van der Waals surface area (Å²) < 4.78 is 2.01. The highest BCUT2D eigenvalue weighted by Gasteiger charge is 1.99. The molecule has 0 aliphatic carbocycles. The van der Waals surface area contributed by atoms with Crippen molar-refractivity contribution in [1.29, 1.82) is 0 Å². The largest absolute Gasteiger partial charge is 0.508 e. The molecule has 3 nitrogen and oxygen atoms in total.